The van der Waals surface area contributed by atoms with E-state index >= 15 is 0 Å². The van der Waals surface area contributed by atoms with Gasteiger partial charge >= 0.3 is 0 Å². The lowest BCUT2D eigenvalue weighted by molar-refractivity contribution is 1.32. The van der Waals surface area contributed by atoms with Crippen molar-refractivity contribution in [1.82, 2.24) is 9.97 Å². The average Bonchev–Trinajstić information content (AvgIpc) is 2.51. The molecule has 0 saturated heterocycles. The number of rotatable bonds is 1. The van der Waals surface area contributed by atoms with E-state index in [0.29, 0.717) is 11.0 Å². The molecular formula is C10H10ClN3. The molecule has 0 atom stereocenters. The molecule has 3 N–H and O–H groups in total. The number of nitrogens with zero attached hydrogens (tertiary/aromatic N) is 1. The maximum atomic E-state index is 6.08. The Bertz CT molecular complexity index is 462. The van der Waals surface area contributed by atoms with Gasteiger partial charge in [-0.15, -0.1) is 0 Å². The predicted molar refractivity (Wildman–Crippen MR) is 58.2 cm³/mol. The molecule has 72 valence electrons. The highest BCUT2D eigenvalue weighted by Gasteiger charge is 2.05. The van der Waals surface area contributed by atoms with Crippen LogP contribution in [0.5, 0.6) is 0 Å². The molecule has 0 aliphatic heterocycles. The molecule has 0 bridgehead atoms. The van der Waals surface area contributed by atoms with Crippen LogP contribution in [0.1, 0.15) is 5.56 Å². The Morgan fingerprint density at radius 2 is 2.21 bits per heavy atom. The number of aromatic amines is 1. The zero-order chi connectivity index (χ0) is 10.1. The van der Waals surface area contributed by atoms with Crippen molar-refractivity contribution in [2.24, 2.45) is 0 Å². The van der Waals surface area contributed by atoms with E-state index in [9.17, 15) is 0 Å². The number of benzene rings is 1. The van der Waals surface area contributed by atoms with Crippen LogP contribution in [0.15, 0.2) is 24.4 Å². The summed E-state index contributed by atoms with van der Waals surface area (Å²) in [6, 6.07) is 5.86. The number of halogens is 1. The van der Waals surface area contributed by atoms with E-state index in [2.05, 4.69) is 9.97 Å². The molecule has 0 unspecified atom stereocenters. The first kappa shape index (κ1) is 9.09. The molecule has 1 aromatic carbocycles. The van der Waals surface area contributed by atoms with Crippen molar-refractivity contribution in [3.05, 3.63) is 35.0 Å². The summed E-state index contributed by atoms with van der Waals surface area (Å²) in [5.41, 5.74) is 8.38. The zero-order valence-electron chi connectivity index (χ0n) is 7.71. The number of aromatic nitrogens is 2. The molecule has 0 fully saturated rings. The maximum absolute atomic E-state index is 6.08. The monoisotopic (exact) mass is 207 g/mol. The van der Waals surface area contributed by atoms with Crippen molar-refractivity contribution in [1.29, 1.82) is 0 Å². The number of imidazole rings is 1. The van der Waals surface area contributed by atoms with E-state index in [1.54, 1.807) is 6.20 Å². The Hall–Kier alpha value is -1.48. The normalized spacial score (nSPS) is 10.4. The summed E-state index contributed by atoms with van der Waals surface area (Å²) < 4.78 is 0. The molecule has 0 radical (unpaired) electrons. The smallest absolute Gasteiger partial charge is 0.197 e. The molecule has 0 aliphatic carbocycles. The lowest BCUT2D eigenvalue weighted by atomic mass is 10.1. The molecule has 1 aromatic heterocycles. The summed E-state index contributed by atoms with van der Waals surface area (Å²) in [4.78, 5) is 6.85. The molecule has 2 aromatic rings. The summed E-state index contributed by atoms with van der Waals surface area (Å²) in [5, 5.41) is 0.702. The van der Waals surface area contributed by atoms with Crippen LogP contribution in [-0.2, 0) is 0 Å². The minimum absolute atomic E-state index is 0.400. The quantitative estimate of drug-likeness (QED) is 0.755. The van der Waals surface area contributed by atoms with Crippen molar-refractivity contribution in [3.8, 4) is 11.3 Å². The van der Waals surface area contributed by atoms with E-state index in [4.69, 9.17) is 17.3 Å². The van der Waals surface area contributed by atoms with E-state index < -0.39 is 0 Å². The van der Waals surface area contributed by atoms with Crippen LogP contribution in [0.3, 0.4) is 0 Å². The summed E-state index contributed by atoms with van der Waals surface area (Å²) in [6.45, 7) is 2.00. The first-order valence-corrected chi connectivity index (χ1v) is 4.61. The minimum atomic E-state index is 0.400. The van der Waals surface area contributed by atoms with Crippen LogP contribution in [0, 0.1) is 6.92 Å². The standard InChI is InChI=1S/C10H10ClN3/c1-6-2-3-7(8(11)4-6)9-5-13-10(12)14-9/h2-5H,1H3,(H3,12,13,14). The molecule has 4 heteroatoms. The molecule has 0 amide bonds. The summed E-state index contributed by atoms with van der Waals surface area (Å²) in [5.74, 6) is 0.400. The molecule has 0 saturated carbocycles. The van der Waals surface area contributed by atoms with Gasteiger partial charge in [0.25, 0.3) is 0 Å². The Labute approximate surface area is 86.9 Å². The number of nitrogen functional groups attached to an aromatic ring is 1. The lowest BCUT2D eigenvalue weighted by Crippen LogP contribution is -1.86. The fourth-order valence-corrected chi connectivity index (χ4v) is 1.65. The topological polar surface area (TPSA) is 54.7 Å². The second-order valence-electron chi connectivity index (χ2n) is 3.17. The van der Waals surface area contributed by atoms with E-state index in [1.807, 2.05) is 25.1 Å². The van der Waals surface area contributed by atoms with Crippen LogP contribution in [-0.4, -0.2) is 9.97 Å². The van der Waals surface area contributed by atoms with Crippen molar-refractivity contribution >= 4 is 17.5 Å². The van der Waals surface area contributed by atoms with Crippen LogP contribution in [0.25, 0.3) is 11.3 Å². The number of anilines is 1. The van der Waals surface area contributed by atoms with Crippen LogP contribution in [0.4, 0.5) is 5.95 Å². The third kappa shape index (κ3) is 1.59. The summed E-state index contributed by atoms with van der Waals surface area (Å²) in [7, 11) is 0. The molecule has 14 heavy (non-hydrogen) atoms. The Morgan fingerprint density at radius 3 is 2.79 bits per heavy atom. The number of aryl methyl sites for hydroxylation is 1. The fourth-order valence-electron chi connectivity index (χ4n) is 1.31. The minimum Gasteiger partial charge on any atom is -0.369 e. The van der Waals surface area contributed by atoms with Gasteiger partial charge in [0, 0.05) is 5.56 Å². The second-order valence-corrected chi connectivity index (χ2v) is 3.57. The van der Waals surface area contributed by atoms with Gasteiger partial charge < -0.3 is 10.7 Å². The third-order valence-electron chi connectivity index (χ3n) is 2.01. The molecule has 0 spiro atoms. The van der Waals surface area contributed by atoms with Gasteiger partial charge in [0.2, 0.25) is 0 Å². The van der Waals surface area contributed by atoms with E-state index in [1.165, 1.54) is 0 Å². The highest BCUT2D eigenvalue weighted by atomic mass is 35.5. The van der Waals surface area contributed by atoms with Gasteiger partial charge in [0.1, 0.15) is 0 Å². The first-order chi connectivity index (χ1) is 6.66. The number of H-pyrrole nitrogens is 1. The highest BCUT2D eigenvalue weighted by Crippen LogP contribution is 2.27. The number of nitrogens with one attached hydrogen (secondary N) is 1. The SMILES string of the molecule is Cc1ccc(-c2cnc(N)[nH]2)c(Cl)c1. The molecule has 0 aliphatic rings. The predicted octanol–water partition coefficient (Wildman–Crippen LogP) is 2.62. The Morgan fingerprint density at radius 1 is 1.43 bits per heavy atom. The van der Waals surface area contributed by atoms with Gasteiger partial charge in [-0.25, -0.2) is 4.98 Å². The van der Waals surface area contributed by atoms with Crippen molar-refractivity contribution in [2.45, 2.75) is 6.92 Å². The summed E-state index contributed by atoms with van der Waals surface area (Å²) >= 11 is 6.08. The lowest BCUT2D eigenvalue weighted by Gasteiger charge is -2.01. The van der Waals surface area contributed by atoms with Crippen LogP contribution in [0.2, 0.25) is 5.02 Å². The van der Waals surface area contributed by atoms with E-state index in [0.717, 1.165) is 16.8 Å². The van der Waals surface area contributed by atoms with E-state index in [-0.39, 0.29) is 0 Å². The first-order valence-electron chi connectivity index (χ1n) is 4.24. The average molecular weight is 208 g/mol. The van der Waals surface area contributed by atoms with Crippen molar-refractivity contribution < 1.29 is 0 Å². The number of nitrogens with two attached hydrogens (primary N) is 1. The largest absolute Gasteiger partial charge is 0.369 e. The Balaban J connectivity index is 2.52. The van der Waals surface area contributed by atoms with Crippen molar-refractivity contribution in [2.75, 3.05) is 5.73 Å². The number of hydrogen-bond donors (Lipinski definition) is 2. The van der Waals surface area contributed by atoms with Gasteiger partial charge in [0.05, 0.1) is 16.9 Å². The molecule has 1 heterocycles. The number of hydrogen-bond acceptors (Lipinski definition) is 2. The Kier molecular flexibility index (Phi) is 2.17. The van der Waals surface area contributed by atoms with Gasteiger partial charge in [-0.1, -0.05) is 23.7 Å². The fraction of sp³-hybridized carbons (Fsp3) is 0.100. The second kappa shape index (κ2) is 3.35. The molecule has 3 nitrogen and oxygen atoms in total. The van der Waals surface area contributed by atoms with Gasteiger partial charge in [-0.05, 0) is 18.6 Å². The van der Waals surface area contributed by atoms with Crippen LogP contribution >= 0.6 is 11.6 Å². The van der Waals surface area contributed by atoms with Crippen LogP contribution < -0.4 is 5.73 Å². The van der Waals surface area contributed by atoms with Gasteiger partial charge in [-0.2, -0.15) is 0 Å². The van der Waals surface area contributed by atoms with Crippen molar-refractivity contribution in [3.63, 3.8) is 0 Å². The summed E-state index contributed by atoms with van der Waals surface area (Å²) in [6.07, 6.45) is 1.67. The highest BCUT2D eigenvalue weighted by molar-refractivity contribution is 6.33. The zero-order valence-corrected chi connectivity index (χ0v) is 8.47. The maximum Gasteiger partial charge on any atom is 0.197 e. The third-order valence-corrected chi connectivity index (χ3v) is 2.32. The molecular weight excluding hydrogens is 198 g/mol. The molecule has 2 rings (SSSR count). The van der Waals surface area contributed by atoms with Gasteiger partial charge in [-0.3, -0.25) is 0 Å². The van der Waals surface area contributed by atoms with Gasteiger partial charge in [0.15, 0.2) is 5.95 Å².